The first-order valence-electron chi connectivity index (χ1n) is 7.56. The van der Waals surface area contributed by atoms with E-state index < -0.39 is 12.0 Å². The molecule has 6 heteroatoms. The van der Waals surface area contributed by atoms with Crippen LogP contribution in [0, 0.1) is 5.92 Å². The Balaban J connectivity index is 1.86. The number of carbonyl (C=O) groups is 2. The molecular weight excluding hydrogens is 258 g/mol. The minimum Gasteiger partial charge on any atom is -0.480 e. The van der Waals surface area contributed by atoms with E-state index in [0.29, 0.717) is 6.04 Å². The van der Waals surface area contributed by atoms with Crippen molar-refractivity contribution in [1.82, 2.24) is 15.5 Å². The van der Waals surface area contributed by atoms with E-state index in [0.717, 1.165) is 32.4 Å². The summed E-state index contributed by atoms with van der Waals surface area (Å²) in [5.41, 5.74) is 0. The van der Waals surface area contributed by atoms with Crippen LogP contribution in [-0.2, 0) is 4.79 Å². The molecule has 4 atom stereocenters. The van der Waals surface area contributed by atoms with E-state index in [1.54, 1.807) is 0 Å². The number of aliphatic carboxylic acids is 1. The summed E-state index contributed by atoms with van der Waals surface area (Å²) in [5.74, 6) is -1.05. The van der Waals surface area contributed by atoms with E-state index in [4.69, 9.17) is 0 Å². The summed E-state index contributed by atoms with van der Waals surface area (Å²) < 4.78 is 0. The van der Waals surface area contributed by atoms with E-state index in [1.165, 1.54) is 6.42 Å². The quantitative estimate of drug-likeness (QED) is 0.703. The van der Waals surface area contributed by atoms with Crippen molar-refractivity contribution in [2.75, 3.05) is 13.1 Å². The van der Waals surface area contributed by atoms with E-state index >= 15 is 0 Å². The maximum Gasteiger partial charge on any atom is 0.326 e. The van der Waals surface area contributed by atoms with Crippen LogP contribution in [0.3, 0.4) is 0 Å². The third kappa shape index (κ3) is 3.23. The van der Waals surface area contributed by atoms with Gasteiger partial charge in [-0.1, -0.05) is 20.3 Å². The van der Waals surface area contributed by atoms with Gasteiger partial charge in [-0.15, -0.1) is 0 Å². The molecule has 0 saturated carbocycles. The SMILES string of the molecule is CC[C@H](C)[C@H](NC(=O)NC1CCN2CCCC12)C(=O)O. The second kappa shape index (κ2) is 6.43. The number of rotatable bonds is 5. The number of nitrogens with one attached hydrogen (secondary N) is 2. The van der Waals surface area contributed by atoms with Gasteiger partial charge >= 0.3 is 12.0 Å². The number of hydrogen-bond donors (Lipinski definition) is 3. The molecule has 2 rings (SSSR count). The summed E-state index contributed by atoms with van der Waals surface area (Å²) in [4.78, 5) is 25.6. The number of urea groups is 1. The van der Waals surface area contributed by atoms with Gasteiger partial charge in [-0.05, 0) is 31.7 Å². The van der Waals surface area contributed by atoms with Gasteiger partial charge < -0.3 is 15.7 Å². The van der Waals surface area contributed by atoms with Crippen molar-refractivity contribution in [3.8, 4) is 0 Å². The first kappa shape index (κ1) is 15.1. The van der Waals surface area contributed by atoms with Gasteiger partial charge in [0, 0.05) is 18.6 Å². The molecule has 0 aliphatic carbocycles. The zero-order valence-electron chi connectivity index (χ0n) is 12.3. The first-order chi connectivity index (χ1) is 9.52. The smallest absolute Gasteiger partial charge is 0.326 e. The Morgan fingerprint density at radius 1 is 1.35 bits per heavy atom. The third-order valence-electron chi connectivity index (χ3n) is 4.69. The molecule has 114 valence electrons. The van der Waals surface area contributed by atoms with Crippen LogP contribution in [0.25, 0.3) is 0 Å². The minimum absolute atomic E-state index is 0.0789. The fourth-order valence-corrected chi connectivity index (χ4v) is 3.29. The molecule has 0 radical (unpaired) electrons. The van der Waals surface area contributed by atoms with Crippen LogP contribution < -0.4 is 10.6 Å². The van der Waals surface area contributed by atoms with Crippen LogP contribution >= 0.6 is 0 Å². The molecule has 2 saturated heterocycles. The summed E-state index contributed by atoms with van der Waals surface area (Å²) in [6, 6.07) is -0.575. The van der Waals surface area contributed by atoms with Crippen molar-refractivity contribution in [1.29, 1.82) is 0 Å². The molecule has 0 aromatic rings. The standard InChI is InChI=1S/C14H25N3O3/c1-3-9(2)12(13(18)19)16-14(20)15-10-6-8-17-7-4-5-11(10)17/h9-12H,3-8H2,1-2H3,(H,18,19)(H2,15,16,20)/t9-,10?,11?,12-/m0/s1. The first-order valence-corrected chi connectivity index (χ1v) is 7.56. The normalized spacial score (nSPS) is 28.7. The number of nitrogens with zero attached hydrogens (tertiary/aromatic N) is 1. The molecule has 0 spiro atoms. The second-order valence-electron chi connectivity index (χ2n) is 5.96. The van der Waals surface area contributed by atoms with E-state index in [1.807, 2.05) is 13.8 Å². The lowest BCUT2D eigenvalue weighted by atomic mass is 9.99. The van der Waals surface area contributed by atoms with Gasteiger partial charge in [0.1, 0.15) is 6.04 Å². The van der Waals surface area contributed by atoms with Gasteiger partial charge in [-0.3, -0.25) is 4.90 Å². The Labute approximate surface area is 119 Å². The molecule has 2 fully saturated rings. The minimum atomic E-state index is -0.969. The van der Waals surface area contributed by atoms with Crippen molar-refractivity contribution < 1.29 is 14.7 Å². The molecule has 2 aliphatic heterocycles. The van der Waals surface area contributed by atoms with E-state index in [2.05, 4.69) is 15.5 Å². The summed E-state index contributed by atoms with van der Waals surface area (Å²) in [6.07, 6.45) is 3.99. The molecular formula is C14H25N3O3. The number of fused-ring (bicyclic) bond motifs is 1. The average Bonchev–Trinajstić information content (AvgIpc) is 3.00. The van der Waals surface area contributed by atoms with Gasteiger partial charge in [-0.25, -0.2) is 9.59 Å². The van der Waals surface area contributed by atoms with Crippen molar-refractivity contribution in [3.63, 3.8) is 0 Å². The van der Waals surface area contributed by atoms with Crippen LogP contribution in [0.2, 0.25) is 0 Å². The fraction of sp³-hybridized carbons (Fsp3) is 0.857. The maximum atomic E-state index is 12.0. The predicted molar refractivity (Wildman–Crippen MR) is 75.5 cm³/mol. The van der Waals surface area contributed by atoms with Crippen LogP contribution in [0.4, 0.5) is 4.79 Å². The van der Waals surface area contributed by atoms with Crippen molar-refractivity contribution in [2.45, 2.75) is 57.7 Å². The van der Waals surface area contributed by atoms with Gasteiger partial charge in [0.05, 0.1) is 0 Å². The van der Waals surface area contributed by atoms with Crippen LogP contribution in [-0.4, -0.2) is 53.2 Å². The maximum absolute atomic E-state index is 12.0. The lowest BCUT2D eigenvalue weighted by molar-refractivity contribution is -0.140. The molecule has 3 N–H and O–H groups in total. The van der Waals surface area contributed by atoms with Crippen molar-refractivity contribution >= 4 is 12.0 Å². The Hall–Kier alpha value is -1.30. The van der Waals surface area contributed by atoms with Gasteiger partial charge in [-0.2, -0.15) is 0 Å². The molecule has 0 aromatic heterocycles. The lowest BCUT2D eigenvalue weighted by Gasteiger charge is -2.24. The largest absolute Gasteiger partial charge is 0.480 e. The Bertz CT molecular complexity index is 375. The Kier molecular flexibility index (Phi) is 4.86. The topological polar surface area (TPSA) is 81.7 Å². The zero-order valence-corrected chi connectivity index (χ0v) is 12.3. The third-order valence-corrected chi connectivity index (χ3v) is 4.69. The highest BCUT2D eigenvalue weighted by Gasteiger charge is 2.38. The Morgan fingerprint density at radius 3 is 2.75 bits per heavy atom. The van der Waals surface area contributed by atoms with E-state index in [-0.39, 0.29) is 18.0 Å². The van der Waals surface area contributed by atoms with Crippen LogP contribution in [0.5, 0.6) is 0 Å². The Morgan fingerprint density at radius 2 is 2.10 bits per heavy atom. The lowest BCUT2D eigenvalue weighted by Crippen LogP contribution is -2.53. The summed E-state index contributed by atoms with van der Waals surface area (Å²) in [7, 11) is 0. The molecule has 2 aliphatic rings. The molecule has 2 amide bonds. The van der Waals surface area contributed by atoms with Gasteiger partial charge in [0.25, 0.3) is 0 Å². The van der Waals surface area contributed by atoms with Crippen LogP contribution in [0.15, 0.2) is 0 Å². The molecule has 0 bridgehead atoms. The average molecular weight is 283 g/mol. The zero-order chi connectivity index (χ0) is 14.7. The molecule has 0 aromatic carbocycles. The fourth-order valence-electron chi connectivity index (χ4n) is 3.29. The number of amides is 2. The number of carbonyl (C=O) groups excluding carboxylic acids is 1. The van der Waals surface area contributed by atoms with Gasteiger partial charge in [0.2, 0.25) is 0 Å². The monoisotopic (exact) mass is 283 g/mol. The van der Waals surface area contributed by atoms with E-state index in [9.17, 15) is 14.7 Å². The molecule has 2 unspecified atom stereocenters. The molecule has 2 heterocycles. The number of carboxylic acids is 1. The highest BCUT2D eigenvalue weighted by molar-refractivity contribution is 5.82. The number of hydrogen-bond acceptors (Lipinski definition) is 3. The second-order valence-corrected chi connectivity index (χ2v) is 5.96. The summed E-state index contributed by atoms with van der Waals surface area (Å²) >= 11 is 0. The van der Waals surface area contributed by atoms with Crippen LogP contribution in [0.1, 0.15) is 39.5 Å². The number of carboxylic acid groups (broad SMARTS) is 1. The molecule has 20 heavy (non-hydrogen) atoms. The van der Waals surface area contributed by atoms with Crippen molar-refractivity contribution in [2.24, 2.45) is 5.92 Å². The summed E-state index contributed by atoms with van der Waals surface area (Å²) in [6.45, 7) is 5.92. The highest BCUT2D eigenvalue weighted by atomic mass is 16.4. The summed E-state index contributed by atoms with van der Waals surface area (Å²) in [5, 5.41) is 14.7. The highest BCUT2D eigenvalue weighted by Crippen LogP contribution is 2.27. The van der Waals surface area contributed by atoms with Crippen molar-refractivity contribution in [3.05, 3.63) is 0 Å². The predicted octanol–water partition coefficient (Wildman–Crippen LogP) is 1.02. The van der Waals surface area contributed by atoms with Gasteiger partial charge in [0.15, 0.2) is 0 Å². The molecule has 6 nitrogen and oxygen atoms in total.